The van der Waals surface area contributed by atoms with Crippen molar-refractivity contribution in [1.29, 1.82) is 0 Å². The first-order valence-corrected chi connectivity index (χ1v) is 6.23. The Bertz CT molecular complexity index is 579. The number of benzene rings is 1. The van der Waals surface area contributed by atoms with Crippen LogP contribution in [0.3, 0.4) is 0 Å². The summed E-state index contributed by atoms with van der Waals surface area (Å²) < 4.78 is 0. The van der Waals surface area contributed by atoms with Gasteiger partial charge in [0.15, 0.2) is 5.13 Å². The Morgan fingerprint density at radius 2 is 2.17 bits per heavy atom. The predicted molar refractivity (Wildman–Crippen MR) is 73.8 cm³/mol. The van der Waals surface area contributed by atoms with Gasteiger partial charge in [-0.25, -0.2) is 4.98 Å². The van der Waals surface area contributed by atoms with Crippen molar-refractivity contribution < 1.29 is 4.79 Å². The van der Waals surface area contributed by atoms with Crippen LogP contribution >= 0.6 is 11.3 Å². The normalized spacial score (nSPS) is 10.2. The summed E-state index contributed by atoms with van der Waals surface area (Å²) in [4.78, 5) is 17.3. The van der Waals surface area contributed by atoms with Gasteiger partial charge >= 0.3 is 0 Å². The number of rotatable bonds is 3. The smallest absolute Gasteiger partial charge is 0.259 e. The van der Waals surface area contributed by atoms with E-state index in [2.05, 4.69) is 15.7 Å². The summed E-state index contributed by atoms with van der Waals surface area (Å²) in [6.07, 6.45) is 1.72. The van der Waals surface area contributed by atoms with E-state index in [1.807, 2.05) is 19.9 Å². The van der Waals surface area contributed by atoms with E-state index < -0.39 is 0 Å². The summed E-state index contributed by atoms with van der Waals surface area (Å²) in [5.74, 6) is 5.17. The standard InChI is InChI=1S/C12H14N4OS/c1-7-3-4-10(16-13)9(5-7)11(17)15-12-14-6-8(2)18-12/h3-6,16H,13H2,1-2H3,(H,14,15,17). The molecule has 6 heteroatoms. The largest absolute Gasteiger partial charge is 0.323 e. The van der Waals surface area contributed by atoms with E-state index in [4.69, 9.17) is 5.84 Å². The molecule has 0 unspecified atom stereocenters. The van der Waals surface area contributed by atoms with Gasteiger partial charge in [-0.15, -0.1) is 11.3 Å². The van der Waals surface area contributed by atoms with Gasteiger partial charge < -0.3 is 5.43 Å². The molecule has 2 rings (SSSR count). The molecule has 0 atom stereocenters. The Labute approximate surface area is 109 Å². The molecule has 4 N–H and O–H groups in total. The molecule has 94 valence electrons. The fourth-order valence-electron chi connectivity index (χ4n) is 1.55. The zero-order chi connectivity index (χ0) is 13.1. The fraction of sp³-hybridized carbons (Fsp3) is 0.167. The molecule has 18 heavy (non-hydrogen) atoms. The van der Waals surface area contributed by atoms with Crippen LogP contribution in [-0.4, -0.2) is 10.9 Å². The van der Waals surface area contributed by atoms with E-state index in [9.17, 15) is 4.79 Å². The minimum atomic E-state index is -0.221. The van der Waals surface area contributed by atoms with Crippen molar-refractivity contribution >= 4 is 28.1 Å². The van der Waals surface area contributed by atoms with Gasteiger partial charge in [-0.2, -0.15) is 0 Å². The molecule has 0 bridgehead atoms. The minimum Gasteiger partial charge on any atom is -0.323 e. The van der Waals surface area contributed by atoms with Gasteiger partial charge in [0.1, 0.15) is 0 Å². The number of anilines is 2. The Kier molecular flexibility index (Phi) is 3.59. The first-order chi connectivity index (χ1) is 8.60. The van der Waals surface area contributed by atoms with Crippen molar-refractivity contribution in [3.8, 4) is 0 Å². The summed E-state index contributed by atoms with van der Waals surface area (Å²) in [6.45, 7) is 3.86. The zero-order valence-electron chi connectivity index (χ0n) is 10.2. The average molecular weight is 262 g/mol. The van der Waals surface area contributed by atoms with Crippen LogP contribution in [0, 0.1) is 13.8 Å². The molecule has 1 aromatic carbocycles. The number of nitrogens with two attached hydrogens (primary N) is 1. The van der Waals surface area contributed by atoms with Crippen LogP contribution in [0.2, 0.25) is 0 Å². The van der Waals surface area contributed by atoms with Gasteiger partial charge in [-0.3, -0.25) is 16.0 Å². The van der Waals surface area contributed by atoms with Crippen LogP contribution < -0.4 is 16.6 Å². The number of hydrogen-bond acceptors (Lipinski definition) is 5. The molecule has 5 nitrogen and oxygen atoms in total. The van der Waals surface area contributed by atoms with Crippen LogP contribution in [0.5, 0.6) is 0 Å². The van der Waals surface area contributed by atoms with Gasteiger partial charge in [-0.1, -0.05) is 11.6 Å². The number of aromatic nitrogens is 1. The number of nitrogen functional groups attached to an aromatic ring is 1. The fourth-order valence-corrected chi connectivity index (χ4v) is 2.21. The van der Waals surface area contributed by atoms with Crippen LogP contribution in [-0.2, 0) is 0 Å². The first kappa shape index (κ1) is 12.5. The number of aryl methyl sites for hydroxylation is 2. The monoisotopic (exact) mass is 262 g/mol. The molecule has 0 aliphatic heterocycles. The van der Waals surface area contributed by atoms with E-state index in [1.54, 1.807) is 18.3 Å². The molecule has 0 fully saturated rings. The lowest BCUT2D eigenvalue weighted by atomic mass is 10.1. The summed E-state index contributed by atoms with van der Waals surface area (Å²) >= 11 is 1.43. The highest BCUT2D eigenvalue weighted by Gasteiger charge is 2.12. The zero-order valence-corrected chi connectivity index (χ0v) is 11.0. The highest BCUT2D eigenvalue weighted by atomic mass is 32.1. The van der Waals surface area contributed by atoms with Crippen molar-refractivity contribution in [1.82, 2.24) is 4.98 Å². The number of carbonyl (C=O) groups is 1. The SMILES string of the molecule is Cc1ccc(NN)c(C(=O)Nc2ncc(C)s2)c1. The average Bonchev–Trinajstić information content (AvgIpc) is 2.74. The number of hydrogen-bond donors (Lipinski definition) is 3. The van der Waals surface area contributed by atoms with Crippen LogP contribution in [0.1, 0.15) is 20.8 Å². The molecule has 0 radical (unpaired) electrons. The second kappa shape index (κ2) is 5.16. The quantitative estimate of drug-likeness (QED) is 0.585. The lowest BCUT2D eigenvalue weighted by Gasteiger charge is -2.09. The molecular formula is C12H14N4OS. The van der Waals surface area contributed by atoms with Gasteiger partial charge in [0, 0.05) is 11.1 Å². The molecule has 0 saturated heterocycles. The van der Waals surface area contributed by atoms with Crippen LogP contribution in [0.4, 0.5) is 10.8 Å². The van der Waals surface area contributed by atoms with Gasteiger partial charge in [0.2, 0.25) is 0 Å². The van der Waals surface area contributed by atoms with E-state index in [-0.39, 0.29) is 5.91 Å². The summed E-state index contributed by atoms with van der Waals surface area (Å²) in [5, 5.41) is 3.34. The summed E-state index contributed by atoms with van der Waals surface area (Å²) in [6, 6.07) is 5.45. The molecule has 0 aliphatic carbocycles. The molecule has 0 spiro atoms. The van der Waals surface area contributed by atoms with Crippen molar-refractivity contribution in [3.63, 3.8) is 0 Å². The highest BCUT2D eigenvalue weighted by molar-refractivity contribution is 7.15. The third-order valence-corrected chi connectivity index (χ3v) is 3.25. The van der Waals surface area contributed by atoms with Crippen LogP contribution in [0.25, 0.3) is 0 Å². The molecule has 0 saturated carbocycles. The number of carbonyl (C=O) groups excluding carboxylic acids is 1. The second-order valence-corrected chi connectivity index (χ2v) is 5.16. The van der Waals surface area contributed by atoms with Gasteiger partial charge in [-0.05, 0) is 26.0 Å². The van der Waals surface area contributed by atoms with Crippen molar-refractivity contribution in [2.45, 2.75) is 13.8 Å². The van der Waals surface area contributed by atoms with Crippen molar-refractivity contribution in [2.75, 3.05) is 10.7 Å². The van der Waals surface area contributed by atoms with Gasteiger partial charge in [0.25, 0.3) is 5.91 Å². The van der Waals surface area contributed by atoms with Crippen molar-refractivity contribution in [3.05, 3.63) is 40.4 Å². The molecule has 0 aliphatic rings. The Balaban J connectivity index is 2.25. The number of nitrogens with zero attached hydrogens (tertiary/aromatic N) is 1. The molecular weight excluding hydrogens is 248 g/mol. The summed E-state index contributed by atoms with van der Waals surface area (Å²) in [7, 11) is 0. The maximum Gasteiger partial charge on any atom is 0.259 e. The number of amides is 1. The minimum absolute atomic E-state index is 0.221. The van der Waals surface area contributed by atoms with E-state index in [0.717, 1.165) is 10.4 Å². The molecule has 1 heterocycles. The lowest BCUT2D eigenvalue weighted by molar-refractivity contribution is 0.102. The summed E-state index contributed by atoms with van der Waals surface area (Å²) in [5.41, 5.74) is 4.61. The highest BCUT2D eigenvalue weighted by Crippen LogP contribution is 2.21. The predicted octanol–water partition coefficient (Wildman–Crippen LogP) is 2.30. The third-order valence-electron chi connectivity index (χ3n) is 2.42. The maximum absolute atomic E-state index is 12.1. The lowest BCUT2D eigenvalue weighted by Crippen LogP contribution is -2.17. The number of thiazole rings is 1. The number of nitrogens with one attached hydrogen (secondary N) is 2. The third kappa shape index (κ3) is 2.66. The first-order valence-electron chi connectivity index (χ1n) is 5.41. The Morgan fingerprint density at radius 3 is 2.78 bits per heavy atom. The van der Waals surface area contributed by atoms with E-state index >= 15 is 0 Å². The van der Waals surface area contributed by atoms with E-state index in [0.29, 0.717) is 16.4 Å². The maximum atomic E-state index is 12.1. The molecule has 1 amide bonds. The van der Waals surface area contributed by atoms with Gasteiger partial charge in [0.05, 0.1) is 11.3 Å². The Morgan fingerprint density at radius 1 is 1.39 bits per heavy atom. The second-order valence-electron chi connectivity index (χ2n) is 3.92. The van der Waals surface area contributed by atoms with E-state index in [1.165, 1.54) is 11.3 Å². The van der Waals surface area contributed by atoms with Crippen molar-refractivity contribution in [2.24, 2.45) is 5.84 Å². The van der Waals surface area contributed by atoms with Crippen LogP contribution in [0.15, 0.2) is 24.4 Å². The molecule has 1 aromatic heterocycles. The topological polar surface area (TPSA) is 80.0 Å². The Hall–Kier alpha value is -1.92. The molecule has 2 aromatic rings. The number of hydrazine groups is 1.